The van der Waals surface area contributed by atoms with Crippen molar-refractivity contribution in [3.05, 3.63) is 53.2 Å². The van der Waals surface area contributed by atoms with E-state index in [1.807, 2.05) is 13.0 Å². The van der Waals surface area contributed by atoms with Crippen LogP contribution in [-0.2, 0) is 6.54 Å². The van der Waals surface area contributed by atoms with Gasteiger partial charge in [0.1, 0.15) is 11.6 Å². The molecule has 0 radical (unpaired) electrons. The summed E-state index contributed by atoms with van der Waals surface area (Å²) < 4.78 is 19.3. The van der Waals surface area contributed by atoms with Gasteiger partial charge in [-0.05, 0) is 26.0 Å². The van der Waals surface area contributed by atoms with Crippen LogP contribution in [0.15, 0.2) is 34.9 Å². The quantitative estimate of drug-likeness (QED) is 0.918. The Morgan fingerprint density at radius 2 is 2.11 bits per heavy atom. The zero-order chi connectivity index (χ0) is 14.0. The standard InChI is InChI=1S/C15H18FNO2/c1-10(18)13-5-4-6-14(16)15(13)17(3)9-12-7-8-19-11(12)2/h4-8,10,18H,9H2,1-3H3/t10-/m0/s1. The van der Waals surface area contributed by atoms with E-state index in [2.05, 4.69) is 0 Å². The van der Waals surface area contributed by atoms with Crippen molar-refractivity contribution >= 4 is 5.69 Å². The summed E-state index contributed by atoms with van der Waals surface area (Å²) in [5, 5.41) is 9.75. The third kappa shape index (κ3) is 2.79. The summed E-state index contributed by atoms with van der Waals surface area (Å²) in [5.41, 5.74) is 2.02. The van der Waals surface area contributed by atoms with Gasteiger partial charge in [-0.3, -0.25) is 0 Å². The predicted molar refractivity (Wildman–Crippen MR) is 72.6 cm³/mol. The van der Waals surface area contributed by atoms with Crippen LogP contribution in [0.5, 0.6) is 0 Å². The summed E-state index contributed by atoms with van der Waals surface area (Å²) in [6.45, 7) is 4.04. The normalized spacial score (nSPS) is 12.5. The van der Waals surface area contributed by atoms with Crippen LogP contribution in [0, 0.1) is 12.7 Å². The first-order valence-corrected chi connectivity index (χ1v) is 6.21. The van der Waals surface area contributed by atoms with Gasteiger partial charge in [-0.25, -0.2) is 4.39 Å². The minimum absolute atomic E-state index is 0.331. The summed E-state index contributed by atoms with van der Waals surface area (Å²) in [4.78, 5) is 1.79. The van der Waals surface area contributed by atoms with Crippen LogP contribution in [0.2, 0.25) is 0 Å². The molecule has 0 amide bonds. The average Bonchev–Trinajstić information content (AvgIpc) is 2.74. The highest BCUT2D eigenvalue weighted by Crippen LogP contribution is 2.29. The third-order valence-electron chi connectivity index (χ3n) is 3.22. The zero-order valence-corrected chi connectivity index (χ0v) is 11.4. The summed E-state index contributed by atoms with van der Waals surface area (Å²) in [6, 6.07) is 6.62. The van der Waals surface area contributed by atoms with Crippen LogP contribution in [0.3, 0.4) is 0 Å². The second-order valence-electron chi connectivity index (χ2n) is 4.71. The Morgan fingerprint density at radius 3 is 2.68 bits per heavy atom. The number of rotatable bonds is 4. The van der Waals surface area contributed by atoms with Gasteiger partial charge < -0.3 is 14.4 Å². The van der Waals surface area contributed by atoms with Gasteiger partial charge in [-0.15, -0.1) is 0 Å². The van der Waals surface area contributed by atoms with E-state index in [9.17, 15) is 9.50 Å². The van der Waals surface area contributed by atoms with E-state index in [1.54, 1.807) is 37.3 Å². The molecule has 3 nitrogen and oxygen atoms in total. The van der Waals surface area contributed by atoms with Gasteiger partial charge >= 0.3 is 0 Å². The van der Waals surface area contributed by atoms with Gasteiger partial charge in [0, 0.05) is 24.7 Å². The molecule has 2 rings (SSSR count). The molecular formula is C15H18FNO2. The number of aliphatic hydroxyl groups excluding tert-OH is 1. The van der Waals surface area contributed by atoms with Gasteiger partial charge in [-0.1, -0.05) is 12.1 Å². The molecule has 19 heavy (non-hydrogen) atoms. The smallest absolute Gasteiger partial charge is 0.146 e. The lowest BCUT2D eigenvalue weighted by Crippen LogP contribution is -2.20. The Labute approximate surface area is 112 Å². The summed E-state index contributed by atoms with van der Waals surface area (Å²) in [6.07, 6.45) is 0.911. The SMILES string of the molecule is Cc1occc1CN(C)c1c(F)cccc1[C@H](C)O. The number of anilines is 1. The molecule has 1 aromatic carbocycles. The van der Waals surface area contributed by atoms with Crippen LogP contribution >= 0.6 is 0 Å². The third-order valence-corrected chi connectivity index (χ3v) is 3.22. The van der Waals surface area contributed by atoms with E-state index in [0.29, 0.717) is 17.8 Å². The lowest BCUT2D eigenvalue weighted by molar-refractivity contribution is 0.199. The zero-order valence-electron chi connectivity index (χ0n) is 11.4. The predicted octanol–water partition coefficient (Wildman–Crippen LogP) is 3.42. The molecule has 0 bridgehead atoms. The number of nitrogens with zero attached hydrogens (tertiary/aromatic N) is 1. The van der Waals surface area contributed by atoms with E-state index in [-0.39, 0.29) is 5.82 Å². The molecule has 0 aliphatic carbocycles. The first-order valence-electron chi connectivity index (χ1n) is 6.21. The van der Waals surface area contributed by atoms with Gasteiger partial charge in [0.2, 0.25) is 0 Å². The Bertz CT molecular complexity index is 563. The van der Waals surface area contributed by atoms with E-state index in [4.69, 9.17) is 4.42 Å². The number of benzene rings is 1. The fourth-order valence-corrected chi connectivity index (χ4v) is 2.18. The molecule has 2 aromatic rings. The van der Waals surface area contributed by atoms with Crippen LogP contribution < -0.4 is 4.90 Å². The maximum atomic E-state index is 14.0. The minimum Gasteiger partial charge on any atom is -0.469 e. The van der Waals surface area contributed by atoms with Crippen molar-refractivity contribution < 1.29 is 13.9 Å². The van der Waals surface area contributed by atoms with Gasteiger partial charge in [0.15, 0.2) is 0 Å². The van der Waals surface area contributed by atoms with Crippen molar-refractivity contribution in [2.45, 2.75) is 26.5 Å². The largest absolute Gasteiger partial charge is 0.469 e. The molecule has 1 aromatic heterocycles. The lowest BCUT2D eigenvalue weighted by atomic mass is 10.1. The van der Waals surface area contributed by atoms with Crippen molar-refractivity contribution in [3.63, 3.8) is 0 Å². The topological polar surface area (TPSA) is 36.6 Å². The molecular weight excluding hydrogens is 245 g/mol. The van der Waals surface area contributed by atoms with Crippen LogP contribution in [0.4, 0.5) is 10.1 Å². The van der Waals surface area contributed by atoms with Crippen molar-refractivity contribution in [2.75, 3.05) is 11.9 Å². The fraction of sp³-hybridized carbons (Fsp3) is 0.333. The molecule has 1 atom stereocenters. The van der Waals surface area contributed by atoms with E-state index >= 15 is 0 Å². The van der Waals surface area contributed by atoms with Crippen molar-refractivity contribution in [1.29, 1.82) is 0 Å². The highest BCUT2D eigenvalue weighted by molar-refractivity contribution is 5.55. The van der Waals surface area contributed by atoms with Crippen molar-refractivity contribution in [2.24, 2.45) is 0 Å². The number of aryl methyl sites for hydroxylation is 1. The highest BCUT2D eigenvalue weighted by Gasteiger charge is 2.17. The van der Waals surface area contributed by atoms with E-state index in [1.165, 1.54) is 6.07 Å². The summed E-state index contributed by atoms with van der Waals surface area (Å²) in [5.74, 6) is 0.490. The lowest BCUT2D eigenvalue weighted by Gasteiger charge is -2.24. The second-order valence-corrected chi connectivity index (χ2v) is 4.71. The van der Waals surface area contributed by atoms with Crippen LogP contribution in [-0.4, -0.2) is 12.2 Å². The molecule has 1 N–H and O–H groups in total. The first kappa shape index (κ1) is 13.6. The number of para-hydroxylation sites is 1. The molecule has 0 aliphatic rings. The fourth-order valence-electron chi connectivity index (χ4n) is 2.18. The maximum Gasteiger partial charge on any atom is 0.146 e. The maximum absolute atomic E-state index is 14.0. The molecule has 0 spiro atoms. The van der Waals surface area contributed by atoms with E-state index in [0.717, 1.165) is 11.3 Å². The number of furan rings is 1. The summed E-state index contributed by atoms with van der Waals surface area (Å²) >= 11 is 0. The Kier molecular flexibility index (Phi) is 3.90. The number of aliphatic hydroxyl groups is 1. The van der Waals surface area contributed by atoms with Gasteiger partial charge in [-0.2, -0.15) is 0 Å². The molecule has 4 heteroatoms. The molecule has 0 saturated heterocycles. The molecule has 0 unspecified atom stereocenters. The average molecular weight is 263 g/mol. The second kappa shape index (κ2) is 5.45. The Balaban J connectivity index is 2.33. The molecule has 0 fully saturated rings. The van der Waals surface area contributed by atoms with E-state index < -0.39 is 6.10 Å². The monoisotopic (exact) mass is 263 g/mol. The summed E-state index contributed by atoms with van der Waals surface area (Å²) in [7, 11) is 1.80. The molecule has 1 heterocycles. The van der Waals surface area contributed by atoms with Gasteiger partial charge in [0.05, 0.1) is 18.1 Å². The molecule has 0 aliphatic heterocycles. The minimum atomic E-state index is -0.710. The number of hydrogen-bond donors (Lipinski definition) is 1. The highest BCUT2D eigenvalue weighted by atomic mass is 19.1. The molecule has 102 valence electrons. The number of hydrogen-bond acceptors (Lipinski definition) is 3. The van der Waals surface area contributed by atoms with Crippen molar-refractivity contribution in [3.8, 4) is 0 Å². The number of halogens is 1. The van der Waals surface area contributed by atoms with Crippen LogP contribution in [0.25, 0.3) is 0 Å². The Morgan fingerprint density at radius 1 is 1.37 bits per heavy atom. The van der Waals surface area contributed by atoms with Crippen molar-refractivity contribution in [1.82, 2.24) is 0 Å². The Hall–Kier alpha value is -1.81. The van der Waals surface area contributed by atoms with Gasteiger partial charge in [0.25, 0.3) is 0 Å². The first-order chi connectivity index (χ1) is 9.00. The molecule has 0 saturated carbocycles. The van der Waals surface area contributed by atoms with Crippen LogP contribution in [0.1, 0.15) is 29.9 Å².